The molecule has 0 spiro atoms. The van der Waals surface area contributed by atoms with E-state index in [1.165, 1.54) is 16.8 Å². The predicted molar refractivity (Wildman–Crippen MR) is 112 cm³/mol. The summed E-state index contributed by atoms with van der Waals surface area (Å²) in [6.45, 7) is 3.37. The molecule has 0 fully saturated rings. The van der Waals surface area contributed by atoms with Gasteiger partial charge in [0, 0.05) is 16.5 Å². The fourth-order valence-electron chi connectivity index (χ4n) is 2.89. The molecule has 3 aromatic rings. The number of rotatable bonds is 7. The maximum Gasteiger partial charge on any atom is 0.263 e. The molecular weight excluding hydrogens is 431 g/mol. The topological polar surface area (TPSA) is 72.7 Å². The lowest BCUT2D eigenvalue weighted by atomic mass is 10.00. The predicted octanol–water partition coefficient (Wildman–Crippen LogP) is 4.83. The monoisotopic (exact) mass is 451 g/mol. The highest BCUT2D eigenvalue weighted by atomic mass is 35.5. The molecule has 0 saturated heterocycles. The minimum absolute atomic E-state index is 0.0138. The molecule has 6 nitrogen and oxygen atoms in total. The van der Waals surface area contributed by atoms with E-state index in [1.807, 2.05) is 13.8 Å². The number of amides is 1. The van der Waals surface area contributed by atoms with Crippen LogP contribution in [0.3, 0.4) is 0 Å². The van der Waals surface area contributed by atoms with E-state index in [0.29, 0.717) is 22.1 Å². The van der Waals surface area contributed by atoms with Crippen LogP contribution >= 0.6 is 11.6 Å². The molecule has 0 aliphatic heterocycles. The zero-order valence-electron chi connectivity index (χ0n) is 17.1. The van der Waals surface area contributed by atoms with Crippen molar-refractivity contribution >= 4 is 17.5 Å². The fraction of sp³-hybridized carbons (Fsp3) is 0.333. The van der Waals surface area contributed by atoms with E-state index in [-0.39, 0.29) is 11.5 Å². The molecule has 1 aromatic heterocycles. The first-order valence-electron chi connectivity index (χ1n) is 9.51. The van der Waals surface area contributed by atoms with Gasteiger partial charge in [-0.3, -0.25) is 4.79 Å². The number of nitrogens with one attached hydrogen (secondary N) is 1. The van der Waals surface area contributed by atoms with E-state index in [9.17, 15) is 18.0 Å². The van der Waals surface area contributed by atoms with Crippen LogP contribution in [0.4, 0.5) is 13.2 Å². The molecule has 1 heterocycles. The van der Waals surface area contributed by atoms with Crippen LogP contribution in [0.1, 0.15) is 42.9 Å². The van der Waals surface area contributed by atoms with Gasteiger partial charge in [0.25, 0.3) is 12.3 Å². The number of carbonyl (C=O) groups excluding carboxylic acids is 1. The third kappa shape index (κ3) is 4.87. The second kappa shape index (κ2) is 9.05. The lowest BCUT2D eigenvalue weighted by molar-refractivity contribution is 0.0239. The number of halogens is 4. The Balaban J connectivity index is 2.12. The highest BCUT2D eigenvalue weighted by molar-refractivity contribution is 6.30. The SMILES string of the molecule is CC(C)c1nnnn1-c1cc(C(=O)NC(C)(CF)C(F)F)cc(-c2ccc(Cl)cc2)c1. The van der Waals surface area contributed by atoms with Crippen molar-refractivity contribution in [3.63, 3.8) is 0 Å². The van der Waals surface area contributed by atoms with E-state index in [4.69, 9.17) is 11.6 Å². The first kappa shape index (κ1) is 22.7. The number of benzene rings is 2. The number of hydrogen-bond donors (Lipinski definition) is 1. The van der Waals surface area contributed by atoms with Gasteiger partial charge in [-0.1, -0.05) is 37.6 Å². The number of aromatic nitrogens is 4. The zero-order valence-corrected chi connectivity index (χ0v) is 17.9. The van der Waals surface area contributed by atoms with Crippen LogP contribution in [0.5, 0.6) is 0 Å². The van der Waals surface area contributed by atoms with E-state index >= 15 is 0 Å². The van der Waals surface area contributed by atoms with Crippen LogP contribution in [-0.2, 0) is 0 Å². The lowest BCUT2D eigenvalue weighted by Gasteiger charge is -2.26. The summed E-state index contributed by atoms with van der Waals surface area (Å²) < 4.78 is 41.3. The Labute approximate surface area is 182 Å². The van der Waals surface area contributed by atoms with Gasteiger partial charge < -0.3 is 5.32 Å². The van der Waals surface area contributed by atoms with Crippen molar-refractivity contribution in [3.8, 4) is 16.8 Å². The van der Waals surface area contributed by atoms with Gasteiger partial charge in [0.1, 0.15) is 12.2 Å². The molecule has 0 aliphatic carbocycles. The number of tetrazole rings is 1. The number of alkyl halides is 3. The summed E-state index contributed by atoms with van der Waals surface area (Å²) in [5, 5.41) is 14.4. The van der Waals surface area contributed by atoms with E-state index < -0.39 is 24.5 Å². The lowest BCUT2D eigenvalue weighted by Crippen LogP contribution is -2.53. The Morgan fingerprint density at radius 1 is 1.16 bits per heavy atom. The average Bonchev–Trinajstić information content (AvgIpc) is 3.24. The van der Waals surface area contributed by atoms with Crippen LogP contribution in [0, 0.1) is 0 Å². The molecule has 1 unspecified atom stereocenters. The van der Waals surface area contributed by atoms with E-state index in [0.717, 1.165) is 12.5 Å². The van der Waals surface area contributed by atoms with Crippen molar-refractivity contribution in [2.45, 2.75) is 38.7 Å². The van der Waals surface area contributed by atoms with Crippen LogP contribution in [-0.4, -0.2) is 44.8 Å². The second-order valence-corrected chi connectivity index (χ2v) is 8.12. The van der Waals surface area contributed by atoms with Crippen LogP contribution in [0.2, 0.25) is 5.02 Å². The highest BCUT2D eigenvalue weighted by Gasteiger charge is 2.37. The largest absolute Gasteiger partial charge is 0.339 e. The molecular formula is C21H21ClF3N5O. The summed E-state index contributed by atoms with van der Waals surface area (Å²) in [6, 6.07) is 11.7. The van der Waals surface area contributed by atoms with Crippen molar-refractivity contribution < 1.29 is 18.0 Å². The number of nitrogens with zero attached hydrogens (tertiary/aromatic N) is 4. The molecule has 0 bridgehead atoms. The summed E-state index contributed by atoms with van der Waals surface area (Å²) in [5.74, 6) is -0.294. The van der Waals surface area contributed by atoms with Gasteiger partial charge in [0.05, 0.1) is 5.69 Å². The molecule has 2 aromatic carbocycles. The summed E-state index contributed by atoms with van der Waals surface area (Å²) in [7, 11) is 0. The molecule has 0 radical (unpaired) electrons. The summed E-state index contributed by atoms with van der Waals surface area (Å²) in [6.07, 6.45) is -3.08. The van der Waals surface area contributed by atoms with Gasteiger partial charge in [0.15, 0.2) is 5.82 Å². The van der Waals surface area contributed by atoms with Gasteiger partial charge in [-0.2, -0.15) is 4.68 Å². The van der Waals surface area contributed by atoms with Crippen LogP contribution in [0.15, 0.2) is 42.5 Å². The Hall–Kier alpha value is -2.94. The smallest absolute Gasteiger partial charge is 0.263 e. The normalized spacial score (nSPS) is 13.5. The van der Waals surface area contributed by atoms with Crippen molar-refractivity contribution in [1.29, 1.82) is 0 Å². The molecule has 1 N–H and O–H groups in total. The number of hydrogen-bond acceptors (Lipinski definition) is 4. The summed E-state index contributed by atoms with van der Waals surface area (Å²) in [4.78, 5) is 12.8. The molecule has 3 rings (SSSR count). The van der Waals surface area contributed by atoms with Gasteiger partial charge >= 0.3 is 0 Å². The van der Waals surface area contributed by atoms with Crippen LogP contribution in [0.25, 0.3) is 16.8 Å². The summed E-state index contributed by atoms with van der Waals surface area (Å²) in [5.41, 5.74) is -0.422. The second-order valence-electron chi connectivity index (χ2n) is 7.68. The number of carbonyl (C=O) groups is 1. The molecule has 1 amide bonds. The standard InChI is InChI=1S/C21H21ClF3N5O/c1-12(2)18-27-28-29-30(18)17-9-14(13-4-6-16(22)7-5-13)8-15(10-17)19(31)26-21(3,11-23)20(24)25/h4-10,12,20H,11H2,1-3H3,(H,26,31). The van der Waals surface area contributed by atoms with Crippen molar-refractivity contribution in [2.75, 3.05) is 6.67 Å². The van der Waals surface area contributed by atoms with Gasteiger partial charge in [-0.25, -0.2) is 13.2 Å². The molecule has 0 aliphatic rings. The van der Waals surface area contributed by atoms with E-state index in [1.54, 1.807) is 30.3 Å². The Bertz CT molecular complexity index is 1070. The zero-order chi connectivity index (χ0) is 22.8. The third-order valence-corrected chi connectivity index (χ3v) is 5.02. The Kier molecular flexibility index (Phi) is 6.64. The minimum atomic E-state index is -3.08. The maximum atomic E-state index is 13.3. The molecule has 0 saturated carbocycles. The maximum absolute atomic E-state index is 13.3. The highest BCUT2D eigenvalue weighted by Crippen LogP contribution is 2.27. The van der Waals surface area contributed by atoms with Crippen molar-refractivity contribution in [1.82, 2.24) is 25.5 Å². The third-order valence-electron chi connectivity index (χ3n) is 4.77. The van der Waals surface area contributed by atoms with Crippen molar-refractivity contribution in [2.24, 2.45) is 0 Å². The van der Waals surface area contributed by atoms with Gasteiger partial charge in [0.2, 0.25) is 0 Å². The molecule has 10 heteroatoms. The van der Waals surface area contributed by atoms with Crippen molar-refractivity contribution in [3.05, 3.63) is 58.9 Å². The molecule has 1 atom stereocenters. The Morgan fingerprint density at radius 3 is 2.42 bits per heavy atom. The average molecular weight is 452 g/mol. The van der Waals surface area contributed by atoms with Gasteiger partial charge in [-0.05, 0) is 58.8 Å². The summed E-state index contributed by atoms with van der Waals surface area (Å²) >= 11 is 5.97. The van der Waals surface area contributed by atoms with Crippen LogP contribution < -0.4 is 5.32 Å². The first-order chi connectivity index (χ1) is 14.6. The fourth-order valence-corrected chi connectivity index (χ4v) is 3.02. The molecule has 164 valence electrons. The minimum Gasteiger partial charge on any atom is -0.339 e. The quantitative estimate of drug-likeness (QED) is 0.558. The molecule has 31 heavy (non-hydrogen) atoms. The Morgan fingerprint density at radius 2 is 1.84 bits per heavy atom. The van der Waals surface area contributed by atoms with E-state index in [2.05, 4.69) is 20.8 Å². The first-order valence-corrected chi connectivity index (χ1v) is 9.88. The van der Waals surface area contributed by atoms with Gasteiger partial charge in [-0.15, -0.1) is 5.10 Å².